The number of nitrogens with zero attached hydrogens (tertiary/aromatic N) is 2. The van der Waals surface area contributed by atoms with Gasteiger partial charge in [-0.1, -0.05) is 23.4 Å². The standard InChI is InChI=1S/C18H21N3O5/c1-12-9-15(20-26-12)18(24)19-14-7-8-21(10-16(14)22)17(23)11-25-13-5-3-2-4-6-13/h2-6,9,14,16,22H,7-8,10-11H2,1H3,(H,19,24)/t14-,16-/m1/s1. The summed E-state index contributed by atoms with van der Waals surface area (Å²) in [7, 11) is 0. The van der Waals surface area contributed by atoms with Crippen LogP contribution in [0.5, 0.6) is 5.75 Å². The van der Waals surface area contributed by atoms with Crippen molar-refractivity contribution in [2.24, 2.45) is 0 Å². The normalized spacial score (nSPS) is 19.8. The molecule has 0 radical (unpaired) electrons. The number of β-amino-alcohol motifs (C(OH)–C–C–N with tert-alkyl or cyclic N) is 1. The number of piperidine rings is 1. The number of aliphatic hydroxyl groups is 1. The molecule has 1 aliphatic rings. The first-order chi connectivity index (χ1) is 12.5. The monoisotopic (exact) mass is 359 g/mol. The van der Waals surface area contributed by atoms with Crippen LogP contribution >= 0.6 is 0 Å². The molecular weight excluding hydrogens is 338 g/mol. The zero-order valence-electron chi connectivity index (χ0n) is 14.4. The Balaban J connectivity index is 1.48. The van der Waals surface area contributed by atoms with Gasteiger partial charge in [0.25, 0.3) is 11.8 Å². The van der Waals surface area contributed by atoms with Crippen LogP contribution in [-0.2, 0) is 4.79 Å². The minimum atomic E-state index is -0.860. The molecule has 1 aromatic heterocycles. The predicted octanol–water partition coefficient (Wildman–Crippen LogP) is 0.754. The van der Waals surface area contributed by atoms with E-state index in [0.29, 0.717) is 24.5 Å². The average molecular weight is 359 g/mol. The number of amides is 2. The molecule has 2 amide bonds. The van der Waals surface area contributed by atoms with Gasteiger partial charge < -0.3 is 24.6 Å². The number of carbonyl (C=O) groups excluding carboxylic acids is 2. The molecule has 2 atom stereocenters. The summed E-state index contributed by atoms with van der Waals surface area (Å²) in [5, 5.41) is 16.7. The summed E-state index contributed by atoms with van der Waals surface area (Å²) in [5.41, 5.74) is 0.171. The maximum Gasteiger partial charge on any atom is 0.273 e. The first kappa shape index (κ1) is 17.9. The number of para-hydroxylation sites is 1. The first-order valence-electron chi connectivity index (χ1n) is 8.41. The number of hydrogen-bond acceptors (Lipinski definition) is 6. The van der Waals surface area contributed by atoms with Crippen molar-refractivity contribution < 1.29 is 24.0 Å². The number of nitrogens with one attached hydrogen (secondary N) is 1. The highest BCUT2D eigenvalue weighted by Gasteiger charge is 2.31. The lowest BCUT2D eigenvalue weighted by atomic mass is 10.0. The third-order valence-electron chi connectivity index (χ3n) is 4.22. The number of rotatable bonds is 5. The van der Waals surface area contributed by atoms with E-state index in [1.165, 1.54) is 11.0 Å². The number of aromatic nitrogens is 1. The molecule has 1 aromatic carbocycles. The highest BCUT2D eigenvalue weighted by Crippen LogP contribution is 2.14. The molecule has 1 fully saturated rings. The van der Waals surface area contributed by atoms with Gasteiger partial charge in [-0.3, -0.25) is 9.59 Å². The predicted molar refractivity (Wildman–Crippen MR) is 91.6 cm³/mol. The average Bonchev–Trinajstić information content (AvgIpc) is 3.08. The molecule has 1 aliphatic heterocycles. The van der Waals surface area contributed by atoms with Crippen LogP contribution in [0.3, 0.4) is 0 Å². The molecule has 0 unspecified atom stereocenters. The van der Waals surface area contributed by atoms with Gasteiger partial charge in [0.05, 0.1) is 12.1 Å². The van der Waals surface area contributed by atoms with Crippen molar-refractivity contribution >= 4 is 11.8 Å². The van der Waals surface area contributed by atoms with Gasteiger partial charge in [-0.15, -0.1) is 0 Å². The zero-order chi connectivity index (χ0) is 18.5. The van der Waals surface area contributed by atoms with Crippen molar-refractivity contribution in [1.29, 1.82) is 0 Å². The molecule has 8 nitrogen and oxygen atoms in total. The van der Waals surface area contributed by atoms with Crippen molar-refractivity contribution in [3.8, 4) is 5.75 Å². The molecule has 26 heavy (non-hydrogen) atoms. The van der Waals surface area contributed by atoms with Crippen molar-refractivity contribution in [3.63, 3.8) is 0 Å². The molecule has 138 valence electrons. The van der Waals surface area contributed by atoms with Crippen LogP contribution in [0.4, 0.5) is 0 Å². The van der Waals surface area contributed by atoms with E-state index < -0.39 is 18.1 Å². The van der Waals surface area contributed by atoms with Gasteiger partial charge in [-0.05, 0) is 25.5 Å². The summed E-state index contributed by atoms with van der Waals surface area (Å²) < 4.78 is 10.3. The minimum Gasteiger partial charge on any atom is -0.484 e. The molecule has 0 spiro atoms. The minimum absolute atomic E-state index is 0.0913. The maximum absolute atomic E-state index is 12.3. The Bertz CT molecular complexity index is 761. The Morgan fingerprint density at radius 3 is 2.81 bits per heavy atom. The molecule has 2 N–H and O–H groups in total. The number of ether oxygens (including phenoxy) is 1. The fraction of sp³-hybridized carbons (Fsp3) is 0.389. The van der Waals surface area contributed by atoms with Crippen LogP contribution in [-0.4, -0.2) is 58.8 Å². The lowest BCUT2D eigenvalue weighted by Gasteiger charge is -2.36. The molecule has 2 aromatic rings. The van der Waals surface area contributed by atoms with Crippen LogP contribution in [0.25, 0.3) is 0 Å². The molecule has 3 rings (SSSR count). The van der Waals surface area contributed by atoms with Crippen LogP contribution in [0.15, 0.2) is 40.9 Å². The Labute approximate surface area is 150 Å². The highest BCUT2D eigenvalue weighted by atomic mass is 16.5. The lowest BCUT2D eigenvalue weighted by Crippen LogP contribution is -2.56. The van der Waals surface area contributed by atoms with Gasteiger partial charge >= 0.3 is 0 Å². The molecule has 2 heterocycles. The van der Waals surface area contributed by atoms with Gasteiger partial charge in [-0.2, -0.15) is 0 Å². The van der Waals surface area contributed by atoms with Crippen LogP contribution in [0.2, 0.25) is 0 Å². The Morgan fingerprint density at radius 2 is 2.15 bits per heavy atom. The number of aliphatic hydroxyl groups excluding tert-OH is 1. The third-order valence-corrected chi connectivity index (χ3v) is 4.22. The molecule has 0 saturated carbocycles. The van der Waals surface area contributed by atoms with Crippen molar-refractivity contribution in [3.05, 3.63) is 47.9 Å². The summed E-state index contributed by atoms with van der Waals surface area (Å²) >= 11 is 0. The summed E-state index contributed by atoms with van der Waals surface area (Å²) in [6, 6.07) is 10.2. The van der Waals surface area contributed by atoms with Gasteiger partial charge in [0.1, 0.15) is 11.5 Å². The third kappa shape index (κ3) is 4.40. The zero-order valence-corrected chi connectivity index (χ0v) is 14.4. The molecular formula is C18H21N3O5. The van der Waals surface area contributed by atoms with Gasteiger partial charge in [0.2, 0.25) is 0 Å². The van der Waals surface area contributed by atoms with Gasteiger partial charge in [0, 0.05) is 19.2 Å². The first-order valence-corrected chi connectivity index (χ1v) is 8.41. The largest absolute Gasteiger partial charge is 0.484 e. The molecule has 0 aliphatic carbocycles. The van der Waals surface area contributed by atoms with Crippen molar-refractivity contribution in [2.45, 2.75) is 25.5 Å². The Hall–Kier alpha value is -2.87. The van der Waals surface area contributed by atoms with Crippen molar-refractivity contribution in [2.75, 3.05) is 19.7 Å². The summed E-state index contributed by atoms with van der Waals surface area (Å²) in [5.74, 6) is 0.545. The summed E-state index contributed by atoms with van der Waals surface area (Å²) in [4.78, 5) is 25.9. The maximum atomic E-state index is 12.3. The quantitative estimate of drug-likeness (QED) is 0.816. The van der Waals surface area contributed by atoms with Gasteiger partial charge in [0.15, 0.2) is 12.3 Å². The fourth-order valence-corrected chi connectivity index (χ4v) is 2.80. The van der Waals surface area contributed by atoms with E-state index in [-0.39, 0.29) is 24.8 Å². The summed E-state index contributed by atoms with van der Waals surface area (Å²) in [6.45, 7) is 2.17. The smallest absolute Gasteiger partial charge is 0.273 e. The van der Waals surface area contributed by atoms with E-state index in [9.17, 15) is 14.7 Å². The lowest BCUT2D eigenvalue weighted by molar-refractivity contribution is -0.136. The highest BCUT2D eigenvalue weighted by molar-refractivity contribution is 5.92. The number of benzene rings is 1. The van der Waals surface area contributed by atoms with Crippen molar-refractivity contribution in [1.82, 2.24) is 15.4 Å². The van der Waals surface area contributed by atoms with Crippen LogP contribution in [0.1, 0.15) is 22.7 Å². The number of carbonyl (C=O) groups is 2. The topological polar surface area (TPSA) is 105 Å². The second kappa shape index (κ2) is 8.01. The number of likely N-dealkylation sites (tertiary alicyclic amines) is 1. The van der Waals surface area contributed by atoms with E-state index in [0.717, 1.165) is 0 Å². The summed E-state index contributed by atoms with van der Waals surface area (Å²) in [6.07, 6.45) is -0.415. The van der Waals surface area contributed by atoms with E-state index in [4.69, 9.17) is 9.26 Å². The molecule has 8 heteroatoms. The van der Waals surface area contributed by atoms with Gasteiger partial charge in [-0.25, -0.2) is 0 Å². The molecule has 1 saturated heterocycles. The number of aryl methyl sites for hydroxylation is 1. The fourth-order valence-electron chi connectivity index (χ4n) is 2.80. The Morgan fingerprint density at radius 1 is 1.38 bits per heavy atom. The second-order valence-electron chi connectivity index (χ2n) is 6.20. The SMILES string of the molecule is Cc1cc(C(=O)N[C@@H]2CCN(C(=O)COc3ccccc3)C[C@H]2O)no1. The van der Waals surface area contributed by atoms with E-state index in [1.807, 2.05) is 18.2 Å². The van der Waals surface area contributed by atoms with Crippen LogP contribution < -0.4 is 10.1 Å². The second-order valence-corrected chi connectivity index (χ2v) is 6.20. The Kier molecular flexibility index (Phi) is 5.52. The van der Waals surface area contributed by atoms with Crippen LogP contribution in [0, 0.1) is 6.92 Å². The van der Waals surface area contributed by atoms with E-state index >= 15 is 0 Å². The van der Waals surface area contributed by atoms with E-state index in [1.54, 1.807) is 19.1 Å². The number of hydrogen-bond donors (Lipinski definition) is 2. The van der Waals surface area contributed by atoms with E-state index in [2.05, 4.69) is 10.5 Å². The molecule has 0 bridgehead atoms.